The highest BCUT2D eigenvalue weighted by Crippen LogP contribution is 2.54. The number of fused-ring (bicyclic) bond motifs is 1. The lowest BCUT2D eigenvalue weighted by atomic mass is 9.70. The molecule has 0 spiro atoms. The van der Waals surface area contributed by atoms with E-state index in [0.717, 1.165) is 12.8 Å². The van der Waals surface area contributed by atoms with E-state index >= 15 is 0 Å². The van der Waals surface area contributed by atoms with Crippen LogP contribution in [0.15, 0.2) is 23.8 Å². The van der Waals surface area contributed by atoms with Crippen molar-refractivity contribution in [3.63, 3.8) is 0 Å². The van der Waals surface area contributed by atoms with Crippen LogP contribution in [-0.2, 0) is 9.53 Å². The fourth-order valence-electron chi connectivity index (χ4n) is 4.89. The molecule has 2 rings (SSSR count). The molecule has 24 heavy (non-hydrogen) atoms. The van der Waals surface area contributed by atoms with Crippen molar-refractivity contribution in [1.82, 2.24) is 0 Å². The minimum atomic E-state index is -0.383. The van der Waals surface area contributed by atoms with Gasteiger partial charge in [0.05, 0.1) is 0 Å². The van der Waals surface area contributed by atoms with E-state index < -0.39 is 0 Å². The number of hydrogen-bond donors (Lipinski definition) is 0. The number of hydrogen-bond acceptors (Lipinski definition) is 2. The van der Waals surface area contributed by atoms with Crippen LogP contribution in [0.4, 0.5) is 0 Å². The highest BCUT2D eigenvalue weighted by molar-refractivity contribution is 5.66. The van der Waals surface area contributed by atoms with Crippen LogP contribution in [0.1, 0.15) is 80.1 Å². The summed E-state index contributed by atoms with van der Waals surface area (Å²) in [5.74, 6) is 1.47. The van der Waals surface area contributed by atoms with Crippen molar-refractivity contribution >= 4 is 5.97 Å². The van der Waals surface area contributed by atoms with Crippen molar-refractivity contribution in [3.8, 4) is 0 Å². The minimum Gasteiger partial charge on any atom is -0.460 e. The van der Waals surface area contributed by atoms with Gasteiger partial charge in [-0.15, -0.1) is 0 Å². The maximum atomic E-state index is 11.6. The lowest BCUT2D eigenvalue weighted by Gasteiger charge is -2.39. The molecule has 0 saturated heterocycles. The second-order valence-corrected chi connectivity index (χ2v) is 8.96. The van der Waals surface area contributed by atoms with Gasteiger partial charge < -0.3 is 4.74 Å². The molecular weight excluding hydrogens is 296 g/mol. The van der Waals surface area contributed by atoms with Gasteiger partial charge in [0.1, 0.15) is 5.60 Å². The molecule has 0 aromatic rings. The molecule has 0 aromatic heterocycles. The second-order valence-electron chi connectivity index (χ2n) is 8.96. The molecule has 0 aromatic carbocycles. The molecule has 0 amide bonds. The van der Waals surface area contributed by atoms with Crippen LogP contribution >= 0.6 is 0 Å². The molecule has 136 valence electrons. The molecule has 2 aliphatic carbocycles. The Morgan fingerprint density at radius 3 is 2.67 bits per heavy atom. The van der Waals surface area contributed by atoms with Crippen LogP contribution in [0.3, 0.4) is 0 Å². The monoisotopic (exact) mass is 332 g/mol. The molecule has 0 N–H and O–H groups in total. The summed E-state index contributed by atoms with van der Waals surface area (Å²) in [6.45, 7) is 12.7. The minimum absolute atomic E-state index is 0.162. The van der Waals surface area contributed by atoms with E-state index in [1.807, 2.05) is 0 Å². The third kappa shape index (κ3) is 4.52. The normalized spacial score (nSPS) is 38.4. The summed E-state index contributed by atoms with van der Waals surface area (Å²) < 4.78 is 5.74. The summed E-state index contributed by atoms with van der Waals surface area (Å²) in [7, 11) is 0. The largest absolute Gasteiger partial charge is 0.460 e. The van der Waals surface area contributed by atoms with Crippen LogP contribution in [0.25, 0.3) is 0 Å². The molecule has 4 atom stereocenters. The number of ether oxygens (including phenoxy) is 1. The number of rotatable bonds is 2. The number of allylic oxidation sites excluding steroid dienone is 4. The van der Waals surface area contributed by atoms with Crippen LogP contribution in [-0.4, -0.2) is 11.6 Å². The first-order valence-corrected chi connectivity index (χ1v) is 9.68. The fraction of sp³-hybridized carbons (Fsp3) is 0.773. The van der Waals surface area contributed by atoms with Crippen molar-refractivity contribution < 1.29 is 9.53 Å². The van der Waals surface area contributed by atoms with E-state index in [9.17, 15) is 4.79 Å². The summed E-state index contributed by atoms with van der Waals surface area (Å²) in [6, 6.07) is 0. The quantitative estimate of drug-likeness (QED) is 0.453. The van der Waals surface area contributed by atoms with E-state index in [2.05, 4.69) is 52.8 Å². The molecule has 1 saturated carbocycles. The molecule has 0 bridgehead atoms. The average molecular weight is 333 g/mol. The third-order valence-electron chi connectivity index (χ3n) is 6.40. The molecule has 0 aliphatic heterocycles. The van der Waals surface area contributed by atoms with Crippen LogP contribution < -0.4 is 0 Å². The summed E-state index contributed by atoms with van der Waals surface area (Å²) in [4.78, 5) is 11.6. The van der Waals surface area contributed by atoms with Gasteiger partial charge >= 0.3 is 5.97 Å². The maximum Gasteiger partial charge on any atom is 0.303 e. The van der Waals surface area contributed by atoms with Crippen LogP contribution in [0.2, 0.25) is 0 Å². The highest BCUT2D eigenvalue weighted by Gasteiger charge is 2.50. The zero-order valence-corrected chi connectivity index (χ0v) is 16.5. The topological polar surface area (TPSA) is 26.3 Å². The number of carbonyl (C=O) groups is 1. The first-order chi connectivity index (χ1) is 11.1. The van der Waals surface area contributed by atoms with Gasteiger partial charge in [-0.1, -0.05) is 37.6 Å². The zero-order valence-electron chi connectivity index (χ0n) is 16.5. The van der Waals surface area contributed by atoms with Gasteiger partial charge in [0.15, 0.2) is 0 Å². The highest BCUT2D eigenvalue weighted by atomic mass is 16.6. The summed E-state index contributed by atoms with van der Waals surface area (Å²) in [5.41, 5.74) is 1.36. The molecular formula is C22H36O2. The Morgan fingerprint density at radius 2 is 2.00 bits per heavy atom. The van der Waals surface area contributed by atoms with Gasteiger partial charge in [-0.2, -0.15) is 0 Å². The first kappa shape index (κ1) is 19.3. The SMILES string of the molecule is CC(=O)OC(C)(C)[C@H]1CC[C@@]2(C)/C=C/[C@@H](C)CC/C=C(\C)CC[C@H]12. The zero-order chi connectivity index (χ0) is 18.0. The van der Waals surface area contributed by atoms with E-state index in [4.69, 9.17) is 4.74 Å². The molecule has 0 radical (unpaired) electrons. The molecule has 2 aliphatic rings. The van der Waals surface area contributed by atoms with Crippen molar-refractivity contribution in [3.05, 3.63) is 23.8 Å². The first-order valence-electron chi connectivity index (χ1n) is 9.68. The van der Waals surface area contributed by atoms with Gasteiger partial charge in [0.25, 0.3) is 0 Å². The van der Waals surface area contributed by atoms with Gasteiger partial charge in [-0.05, 0) is 76.5 Å². The van der Waals surface area contributed by atoms with Gasteiger partial charge in [-0.3, -0.25) is 4.79 Å². The fourth-order valence-corrected chi connectivity index (χ4v) is 4.89. The van der Waals surface area contributed by atoms with Crippen LogP contribution in [0.5, 0.6) is 0 Å². The van der Waals surface area contributed by atoms with Gasteiger partial charge in [0.2, 0.25) is 0 Å². The molecule has 0 heterocycles. The molecule has 2 heteroatoms. The van der Waals surface area contributed by atoms with E-state index in [1.165, 1.54) is 38.2 Å². The van der Waals surface area contributed by atoms with E-state index in [1.54, 1.807) is 0 Å². The Bertz CT molecular complexity index is 514. The van der Waals surface area contributed by atoms with Gasteiger partial charge in [0, 0.05) is 12.8 Å². The Balaban J connectivity index is 2.31. The lowest BCUT2D eigenvalue weighted by Crippen LogP contribution is -2.40. The maximum absolute atomic E-state index is 11.6. The Morgan fingerprint density at radius 1 is 1.29 bits per heavy atom. The predicted molar refractivity (Wildman–Crippen MR) is 101 cm³/mol. The third-order valence-corrected chi connectivity index (χ3v) is 6.40. The van der Waals surface area contributed by atoms with Gasteiger partial charge in [-0.25, -0.2) is 0 Å². The summed E-state index contributed by atoms with van der Waals surface area (Å²) in [5, 5.41) is 0. The van der Waals surface area contributed by atoms with E-state index in [-0.39, 0.29) is 17.0 Å². The number of carbonyl (C=O) groups excluding carboxylic acids is 1. The Hall–Kier alpha value is -1.05. The smallest absolute Gasteiger partial charge is 0.303 e. The summed E-state index contributed by atoms with van der Waals surface area (Å²) >= 11 is 0. The standard InChI is InChI=1S/C22H36O2/c1-16-8-7-9-17(2)12-14-22(6)15-13-19(20(22)11-10-16)21(4,5)24-18(3)23/h8,12,14,17,19-20H,7,9-11,13,15H2,1-6H3/b14-12+,16-8+/t17-,19-,20+,22+/m0/s1. The Kier molecular flexibility index (Phi) is 5.99. The van der Waals surface area contributed by atoms with Crippen molar-refractivity contribution in [1.29, 1.82) is 0 Å². The average Bonchev–Trinajstić information content (AvgIpc) is 2.78. The molecule has 0 unspecified atom stereocenters. The van der Waals surface area contributed by atoms with Crippen LogP contribution in [0, 0.1) is 23.2 Å². The van der Waals surface area contributed by atoms with Crippen molar-refractivity contribution in [2.45, 2.75) is 85.7 Å². The van der Waals surface area contributed by atoms with Crippen molar-refractivity contribution in [2.75, 3.05) is 0 Å². The second kappa shape index (κ2) is 7.45. The Labute approximate surface area is 148 Å². The predicted octanol–water partition coefficient (Wildman–Crippen LogP) is 6.07. The molecule has 2 nitrogen and oxygen atoms in total. The number of esters is 1. The lowest BCUT2D eigenvalue weighted by molar-refractivity contribution is -0.161. The van der Waals surface area contributed by atoms with E-state index in [0.29, 0.717) is 17.8 Å². The summed E-state index contributed by atoms with van der Waals surface area (Å²) in [6.07, 6.45) is 14.5. The molecule has 1 fully saturated rings. The van der Waals surface area contributed by atoms with Crippen molar-refractivity contribution in [2.24, 2.45) is 23.2 Å².